The molecular weight excluding hydrogens is 310 g/mol. The average Bonchev–Trinajstić information content (AvgIpc) is 3.07. The molecule has 0 radical (unpaired) electrons. The number of nitrogens with one attached hydrogen (secondary N) is 1. The standard InChI is InChI=1S/C16H21N5OS/c1-15(2)10-16(15,12-4-3-9-23-12)13(22)20-5-7-21(8-6-20)14-17-11-18-19-14/h3-4,9,11H,5-8,10H2,1-2H3,(H,17,18,19)/t16-/m0/s1. The molecule has 0 unspecified atom stereocenters. The van der Waals surface area contributed by atoms with E-state index in [1.54, 1.807) is 11.3 Å². The van der Waals surface area contributed by atoms with E-state index in [0.717, 1.165) is 38.5 Å². The molecular formula is C16H21N5OS. The molecule has 1 atom stereocenters. The molecule has 3 heterocycles. The average molecular weight is 331 g/mol. The highest BCUT2D eigenvalue weighted by atomic mass is 32.1. The number of carbonyl (C=O) groups is 1. The Morgan fingerprint density at radius 1 is 1.30 bits per heavy atom. The number of aromatic nitrogens is 3. The first-order valence-corrected chi connectivity index (χ1v) is 8.86. The highest BCUT2D eigenvalue weighted by Gasteiger charge is 2.68. The first-order valence-electron chi connectivity index (χ1n) is 7.98. The Morgan fingerprint density at radius 2 is 2.04 bits per heavy atom. The molecule has 1 saturated carbocycles. The largest absolute Gasteiger partial charge is 0.338 e. The molecule has 1 aliphatic heterocycles. The Morgan fingerprint density at radius 3 is 2.57 bits per heavy atom. The van der Waals surface area contributed by atoms with Gasteiger partial charge in [0.2, 0.25) is 11.9 Å². The van der Waals surface area contributed by atoms with Crippen molar-refractivity contribution < 1.29 is 4.79 Å². The summed E-state index contributed by atoms with van der Waals surface area (Å²) in [6.07, 6.45) is 2.47. The van der Waals surface area contributed by atoms with Gasteiger partial charge in [-0.1, -0.05) is 19.9 Å². The van der Waals surface area contributed by atoms with Crippen LogP contribution in [0.2, 0.25) is 0 Å². The monoisotopic (exact) mass is 331 g/mol. The maximum absolute atomic E-state index is 13.3. The number of anilines is 1. The first-order chi connectivity index (χ1) is 11.0. The van der Waals surface area contributed by atoms with Gasteiger partial charge >= 0.3 is 0 Å². The zero-order chi connectivity index (χ0) is 16.1. The van der Waals surface area contributed by atoms with Crippen molar-refractivity contribution in [3.63, 3.8) is 0 Å². The van der Waals surface area contributed by atoms with Crippen LogP contribution in [0.4, 0.5) is 5.95 Å². The fraction of sp³-hybridized carbons (Fsp3) is 0.562. The highest BCUT2D eigenvalue weighted by Crippen LogP contribution is 2.66. The molecule has 1 N–H and O–H groups in total. The number of piperazine rings is 1. The third-order valence-corrected chi connectivity index (χ3v) is 6.34. The minimum atomic E-state index is -0.310. The summed E-state index contributed by atoms with van der Waals surface area (Å²) in [5.41, 5.74) is -0.257. The van der Waals surface area contributed by atoms with Crippen molar-refractivity contribution in [1.29, 1.82) is 0 Å². The lowest BCUT2D eigenvalue weighted by molar-refractivity contribution is -0.135. The quantitative estimate of drug-likeness (QED) is 0.933. The van der Waals surface area contributed by atoms with Crippen molar-refractivity contribution in [1.82, 2.24) is 20.1 Å². The number of amides is 1. The maximum Gasteiger partial charge on any atom is 0.234 e. The van der Waals surface area contributed by atoms with Gasteiger partial charge in [0.25, 0.3) is 0 Å². The van der Waals surface area contributed by atoms with E-state index in [-0.39, 0.29) is 10.8 Å². The van der Waals surface area contributed by atoms with Crippen LogP contribution in [0.15, 0.2) is 23.8 Å². The minimum absolute atomic E-state index is 0.0526. The molecule has 0 aromatic carbocycles. The van der Waals surface area contributed by atoms with E-state index < -0.39 is 0 Å². The van der Waals surface area contributed by atoms with Crippen LogP contribution in [0.5, 0.6) is 0 Å². The van der Waals surface area contributed by atoms with Crippen molar-refractivity contribution in [2.75, 3.05) is 31.1 Å². The summed E-state index contributed by atoms with van der Waals surface area (Å²) >= 11 is 1.70. The lowest BCUT2D eigenvalue weighted by Gasteiger charge is -2.37. The Hall–Kier alpha value is -1.89. The van der Waals surface area contributed by atoms with Crippen LogP contribution in [0.3, 0.4) is 0 Å². The molecule has 0 bridgehead atoms. The summed E-state index contributed by atoms with van der Waals surface area (Å²) in [6, 6.07) is 4.16. The normalized spacial score (nSPS) is 26.3. The number of carbonyl (C=O) groups excluding carboxylic acids is 1. The number of aromatic amines is 1. The second kappa shape index (κ2) is 5.06. The molecule has 6 nitrogen and oxygen atoms in total. The highest BCUT2D eigenvalue weighted by molar-refractivity contribution is 7.10. The van der Waals surface area contributed by atoms with Crippen molar-refractivity contribution in [3.05, 3.63) is 28.7 Å². The summed E-state index contributed by atoms with van der Waals surface area (Å²) in [4.78, 5) is 22.8. The number of rotatable bonds is 3. The van der Waals surface area contributed by atoms with E-state index in [1.165, 1.54) is 11.2 Å². The Labute approximate surface area is 139 Å². The van der Waals surface area contributed by atoms with Crippen molar-refractivity contribution in [3.8, 4) is 0 Å². The van der Waals surface area contributed by atoms with Crippen LogP contribution in [-0.4, -0.2) is 52.2 Å². The summed E-state index contributed by atoms with van der Waals surface area (Å²) < 4.78 is 0. The fourth-order valence-corrected chi connectivity index (χ4v) is 4.87. The second-order valence-electron chi connectivity index (χ2n) is 7.03. The van der Waals surface area contributed by atoms with Crippen LogP contribution in [0.1, 0.15) is 25.1 Å². The first kappa shape index (κ1) is 14.7. The zero-order valence-corrected chi connectivity index (χ0v) is 14.3. The third-order valence-electron chi connectivity index (χ3n) is 5.31. The van der Waals surface area contributed by atoms with Gasteiger partial charge in [0, 0.05) is 31.1 Å². The van der Waals surface area contributed by atoms with Crippen LogP contribution in [0.25, 0.3) is 0 Å². The molecule has 1 aliphatic carbocycles. The Balaban J connectivity index is 1.50. The van der Waals surface area contributed by atoms with Crippen molar-refractivity contribution in [2.24, 2.45) is 5.41 Å². The topological polar surface area (TPSA) is 65.1 Å². The number of thiophene rings is 1. The van der Waals surface area contributed by atoms with Crippen molar-refractivity contribution in [2.45, 2.75) is 25.7 Å². The summed E-state index contributed by atoms with van der Waals surface area (Å²) in [5, 5.41) is 8.86. The fourth-order valence-electron chi connectivity index (χ4n) is 3.77. The smallest absolute Gasteiger partial charge is 0.234 e. The molecule has 2 aliphatic rings. The Kier molecular flexibility index (Phi) is 3.23. The van der Waals surface area contributed by atoms with E-state index in [1.807, 2.05) is 11.0 Å². The molecule has 2 fully saturated rings. The molecule has 1 saturated heterocycles. The number of hydrogen-bond acceptors (Lipinski definition) is 5. The van der Waals surface area contributed by atoms with Gasteiger partial charge in [-0.25, -0.2) is 5.10 Å². The molecule has 23 heavy (non-hydrogen) atoms. The third kappa shape index (κ3) is 2.17. The van der Waals surface area contributed by atoms with Gasteiger partial charge < -0.3 is 9.80 Å². The zero-order valence-electron chi connectivity index (χ0n) is 13.5. The van der Waals surface area contributed by atoms with Crippen LogP contribution < -0.4 is 4.90 Å². The molecule has 4 rings (SSSR count). The second-order valence-corrected chi connectivity index (χ2v) is 7.98. The predicted octanol–water partition coefficient (Wildman–Crippen LogP) is 1.88. The van der Waals surface area contributed by atoms with E-state index >= 15 is 0 Å². The van der Waals surface area contributed by atoms with Gasteiger partial charge in [-0.3, -0.25) is 4.79 Å². The van der Waals surface area contributed by atoms with Gasteiger partial charge in [0.05, 0.1) is 5.41 Å². The predicted molar refractivity (Wildman–Crippen MR) is 89.6 cm³/mol. The number of hydrogen-bond donors (Lipinski definition) is 1. The van der Waals surface area contributed by atoms with E-state index in [9.17, 15) is 4.79 Å². The minimum Gasteiger partial charge on any atom is -0.338 e. The molecule has 1 amide bonds. The van der Waals surface area contributed by atoms with Gasteiger partial charge in [-0.2, -0.15) is 10.1 Å². The lowest BCUT2D eigenvalue weighted by atomic mass is 9.92. The molecule has 122 valence electrons. The van der Waals surface area contributed by atoms with E-state index in [2.05, 4.69) is 45.4 Å². The van der Waals surface area contributed by atoms with Gasteiger partial charge in [-0.15, -0.1) is 11.3 Å². The van der Waals surface area contributed by atoms with Crippen LogP contribution in [0, 0.1) is 5.41 Å². The Bertz CT molecular complexity index is 688. The van der Waals surface area contributed by atoms with Gasteiger partial charge in [-0.05, 0) is 23.3 Å². The molecule has 2 aromatic heterocycles. The van der Waals surface area contributed by atoms with Crippen LogP contribution >= 0.6 is 11.3 Å². The van der Waals surface area contributed by atoms with Crippen LogP contribution in [-0.2, 0) is 10.2 Å². The SMILES string of the molecule is CC1(C)C[C@@]1(C(=O)N1CCN(c2ncn[nH]2)CC1)c1cccs1. The molecule has 0 spiro atoms. The molecule has 2 aromatic rings. The van der Waals surface area contributed by atoms with Gasteiger partial charge in [0.15, 0.2) is 0 Å². The number of H-pyrrole nitrogens is 1. The summed E-state index contributed by atoms with van der Waals surface area (Å²) in [6.45, 7) is 7.47. The molecule has 7 heteroatoms. The summed E-state index contributed by atoms with van der Waals surface area (Å²) in [7, 11) is 0. The number of nitrogens with zero attached hydrogens (tertiary/aromatic N) is 4. The lowest BCUT2D eigenvalue weighted by Crippen LogP contribution is -2.52. The maximum atomic E-state index is 13.3. The van der Waals surface area contributed by atoms with E-state index in [0.29, 0.717) is 5.91 Å². The van der Waals surface area contributed by atoms with Crippen molar-refractivity contribution >= 4 is 23.2 Å². The van der Waals surface area contributed by atoms with E-state index in [4.69, 9.17) is 0 Å². The summed E-state index contributed by atoms with van der Waals surface area (Å²) in [5.74, 6) is 1.08. The van der Waals surface area contributed by atoms with Gasteiger partial charge in [0.1, 0.15) is 6.33 Å².